The molecule has 0 bridgehead atoms. The molecular weight excluding hydrogens is 271 g/mol. The van der Waals surface area contributed by atoms with E-state index in [1.54, 1.807) is 18.2 Å². The van der Waals surface area contributed by atoms with E-state index in [-0.39, 0.29) is 30.4 Å². The molecule has 0 aliphatic heterocycles. The Morgan fingerprint density at radius 3 is 2.62 bits per heavy atom. The van der Waals surface area contributed by atoms with Crippen LogP contribution in [0.25, 0.3) is 0 Å². The summed E-state index contributed by atoms with van der Waals surface area (Å²) < 4.78 is 18.8. The number of carbonyl (C=O) groups is 1. The Kier molecular flexibility index (Phi) is 4.90. The fraction of sp³-hybridized carbons (Fsp3) is 0.188. The van der Waals surface area contributed by atoms with Gasteiger partial charge in [-0.05, 0) is 31.2 Å². The maximum Gasteiger partial charge on any atom is 0.262 e. The fourth-order valence-corrected chi connectivity index (χ4v) is 1.85. The van der Waals surface area contributed by atoms with E-state index in [1.165, 1.54) is 12.1 Å². The van der Waals surface area contributed by atoms with Crippen molar-refractivity contribution < 1.29 is 13.9 Å². The largest absolute Gasteiger partial charge is 0.483 e. The average molecular weight is 288 g/mol. The van der Waals surface area contributed by atoms with E-state index in [0.717, 1.165) is 5.56 Å². The lowest BCUT2D eigenvalue weighted by Crippen LogP contribution is -2.21. The number of rotatable bonds is 5. The van der Waals surface area contributed by atoms with E-state index in [4.69, 9.17) is 10.5 Å². The van der Waals surface area contributed by atoms with Gasteiger partial charge in [0.05, 0.1) is 0 Å². The number of hydrogen-bond acceptors (Lipinski definition) is 3. The summed E-state index contributed by atoms with van der Waals surface area (Å²) in [6, 6.07) is 11.8. The van der Waals surface area contributed by atoms with Crippen molar-refractivity contribution in [3.63, 3.8) is 0 Å². The number of benzene rings is 2. The van der Waals surface area contributed by atoms with Crippen LogP contribution in [-0.4, -0.2) is 12.5 Å². The van der Waals surface area contributed by atoms with E-state index in [1.807, 2.05) is 19.1 Å². The first-order chi connectivity index (χ1) is 10.1. The van der Waals surface area contributed by atoms with Gasteiger partial charge in [0, 0.05) is 17.8 Å². The molecule has 0 aromatic heterocycles. The normalized spacial score (nSPS) is 10.2. The van der Waals surface area contributed by atoms with Gasteiger partial charge in [-0.25, -0.2) is 4.39 Å². The van der Waals surface area contributed by atoms with Crippen LogP contribution in [0.4, 0.5) is 10.1 Å². The lowest BCUT2D eigenvalue weighted by Gasteiger charge is -2.11. The van der Waals surface area contributed by atoms with Crippen LogP contribution in [0, 0.1) is 12.7 Å². The number of nitrogens with one attached hydrogen (secondary N) is 1. The fourth-order valence-electron chi connectivity index (χ4n) is 1.85. The van der Waals surface area contributed by atoms with Crippen LogP contribution in [0.3, 0.4) is 0 Å². The van der Waals surface area contributed by atoms with E-state index in [0.29, 0.717) is 5.69 Å². The molecule has 21 heavy (non-hydrogen) atoms. The molecule has 0 radical (unpaired) electrons. The van der Waals surface area contributed by atoms with Gasteiger partial charge in [0.1, 0.15) is 11.6 Å². The third-order valence-electron chi connectivity index (χ3n) is 2.97. The lowest BCUT2D eigenvalue weighted by atomic mass is 10.2. The smallest absolute Gasteiger partial charge is 0.262 e. The second kappa shape index (κ2) is 6.85. The SMILES string of the molecule is Cc1ccc(NC(=O)COc2cccc(F)c2CN)cc1. The van der Waals surface area contributed by atoms with E-state index >= 15 is 0 Å². The van der Waals surface area contributed by atoms with Gasteiger partial charge in [0.25, 0.3) is 5.91 Å². The maximum absolute atomic E-state index is 13.5. The summed E-state index contributed by atoms with van der Waals surface area (Å²) in [4.78, 5) is 11.8. The highest BCUT2D eigenvalue weighted by Crippen LogP contribution is 2.20. The summed E-state index contributed by atoms with van der Waals surface area (Å²) in [6.07, 6.45) is 0. The standard InChI is InChI=1S/C16H17FN2O2/c1-11-5-7-12(8-6-11)19-16(20)10-21-15-4-2-3-14(17)13(15)9-18/h2-8H,9-10,18H2,1H3,(H,19,20). The molecule has 1 amide bonds. The van der Waals surface area contributed by atoms with Crippen molar-refractivity contribution in [1.29, 1.82) is 0 Å². The zero-order valence-electron chi connectivity index (χ0n) is 11.7. The quantitative estimate of drug-likeness (QED) is 0.889. The van der Waals surface area contributed by atoms with E-state index in [9.17, 15) is 9.18 Å². The van der Waals surface area contributed by atoms with Crippen molar-refractivity contribution in [2.24, 2.45) is 5.73 Å². The average Bonchev–Trinajstić information content (AvgIpc) is 2.47. The molecule has 2 aromatic carbocycles. The maximum atomic E-state index is 13.5. The summed E-state index contributed by atoms with van der Waals surface area (Å²) in [5.74, 6) is -0.461. The minimum absolute atomic E-state index is 0.0155. The molecule has 3 N–H and O–H groups in total. The van der Waals surface area contributed by atoms with E-state index < -0.39 is 5.82 Å². The van der Waals surface area contributed by atoms with Crippen LogP contribution in [0.1, 0.15) is 11.1 Å². The number of nitrogens with two attached hydrogens (primary N) is 1. The Balaban J connectivity index is 1.95. The summed E-state index contributed by atoms with van der Waals surface area (Å²) >= 11 is 0. The van der Waals surface area contributed by atoms with Gasteiger partial charge in [-0.1, -0.05) is 23.8 Å². The molecule has 0 atom stereocenters. The van der Waals surface area contributed by atoms with Crippen molar-refractivity contribution in [3.05, 3.63) is 59.4 Å². The van der Waals surface area contributed by atoms with Crippen LogP contribution in [-0.2, 0) is 11.3 Å². The van der Waals surface area contributed by atoms with Crippen molar-refractivity contribution >= 4 is 11.6 Å². The molecule has 0 spiro atoms. The van der Waals surface area contributed by atoms with Crippen molar-refractivity contribution in [3.8, 4) is 5.75 Å². The number of amides is 1. The molecule has 0 saturated heterocycles. The monoisotopic (exact) mass is 288 g/mol. The Hall–Kier alpha value is -2.40. The number of ether oxygens (including phenoxy) is 1. The van der Waals surface area contributed by atoms with Crippen molar-refractivity contribution in [2.75, 3.05) is 11.9 Å². The van der Waals surface area contributed by atoms with Crippen molar-refractivity contribution in [1.82, 2.24) is 0 Å². The van der Waals surface area contributed by atoms with Gasteiger partial charge in [-0.15, -0.1) is 0 Å². The third-order valence-corrected chi connectivity index (χ3v) is 2.97. The van der Waals surface area contributed by atoms with Gasteiger partial charge in [0.2, 0.25) is 0 Å². The molecule has 2 rings (SSSR count). The molecule has 0 aliphatic carbocycles. The molecule has 110 valence electrons. The zero-order valence-corrected chi connectivity index (χ0v) is 11.7. The number of anilines is 1. The molecule has 0 aliphatic rings. The third kappa shape index (κ3) is 4.03. The predicted molar refractivity (Wildman–Crippen MR) is 79.6 cm³/mol. The highest BCUT2D eigenvalue weighted by atomic mass is 19.1. The van der Waals surface area contributed by atoms with Crippen molar-refractivity contribution in [2.45, 2.75) is 13.5 Å². The molecule has 0 heterocycles. The van der Waals surface area contributed by atoms with Crippen LogP contribution in [0.2, 0.25) is 0 Å². The Morgan fingerprint density at radius 1 is 1.24 bits per heavy atom. The number of carbonyl (C=O) groups excluding carboxylic acids is 1. The molecule has 0 saturated carbocycles. The summed E-state index contributed by atoms with van der Waals surface area (Å²) in [5, 5.41) is 2.70. The number of aryl methyl sites for hydroxylation is 1. The first-order valence-electron chi connectivity index (χ1n) is 6.57. The zero-order chi connectivity index (χ0) is 15.2. The second-order valence-corrected chi connectivity index (χ2v) is 4.62. The van der Waals surface area contributed by atoms with Crippen LogP contribution in [0.5, 0.6) is 5.75 Å². The predicted octanol–water partition coefficient (Wildman–Crippen LogP) is 2.61. The number of halogens is 1. The Morgan fingerprint density at radius 2 is 1.95 bits per heavy atom. The lowest BCUT2D eigenvalue weighted by molar-refractivity contribution is -0.118. The van der Waals surface area contributed by atoms with E-state index in [2.05, 4.69) is 5.32 Å². The van der Waals surface area contributed by atoms with Gasteiger partial charge < -0.3 is 15.8 Å². The molecule has 5 heteroatoms. The topological polar surface area (TPSA) is 64.3 Å². The molecule has 4 nitrogen and oxygen atoms in total. The minimum Gasteiger partial charge on any atom is -0.483 e. The Bertz CT molecular complexity index is 627. The summed E-state index contributed by atoms with van der Waals surface area (Å²) in [6.45, 7) is 1.78. The Labute approximate surface area is 122 Å². The summed E-state index contributed by atoms with van der Waals surface area (Å²) in [5.41, 5.74) is 7.53. The van der Waals surface area contributed by atoms with Gasteiger partial charge >= 0.3 is 0 Å². The van der Waals surface area contributed by atoms with Crippen LogP contribution >= 0.6 is 0 Å². The molecular formula is C16H17FN2O2. The van der Waals surface area contributed by atoms with Gasteiger partial charge in [-0.2, -0.15) is 0 Å². The summed E-state index contributed by atoms with van der Waals surface area (Å²) in [7, 11) is 0. The molecule has 0 unspecified atom stereocenters. The van der Waals surface area contributed by atoms with Gasteiger partial charge in [0.15, 0.2) is 6.61 Å². The first kappa shape index (κ1) is 15.0. The highest BCUT2D eigenvalue weighted by Gasteiger charge is 2.10. The number of hydrogen-bond donors (Lipinski definition) is 2. The highest BCUT2D eigenvalue weighted by molar-refractivity contribution is 5.91. The molecule has 0 fully saturated rings. The first-order valence-corrected chi connectivity index (χ1v) is 6.57. The van der Waals surface area contributed by atoms with Crippen LogP contribution in [0.15, 0.2) is 42.5 Å². The molecule has 2 aromatic rings. The minimum atomic E-state index is -0.436. The second-order valence-electron chi connectivity index (χ2n) is 4.62. The van der Waals surface area contributed by atoms with Crippen LogP contribution < -0.4 is 15.8 Å². The van der Waals surface area contributed by atoms with Gasteiger partial charge in [-0.3, -0.25) is 4.79 Å².